The average Bonchev–Trinajstić information content (AvgIpc) is 3.18. The number of carboxylic acid groups (broad SMARTS) is 1. The van der Waals surface area contributed by atoms with Crippen LogP contribution in [0.25, 0.3) is 11.1 Å². The summed E-state index contributed by atoms with van der Waals surface area (Å²) in [7, 11) is 0. The van der Waals surface area contributed by atoms with Gasteiger partial charge in [-0.2, -0.15) is 0 Å². The molecule has 0 aromatic heterocycles. The molecular formula is C28H34N2O5. The lowest BCUT2D eigenvalue weighted by molar-refractivity contribution is -0.143. The second-order valence-electron chi connectivity index (χ2n) is 9.57. The first-order valence-corrected chi connectivity index (χ1v) is 12.6. The molecule has 2 amide bonds. The number of amides is 2. The monoisotopic (exact) mass is 478 g/mol. The smallest absolute Gasteiger partial charge is 0.407 e. The molecule has 2 aliphatic rings. The van der Waals surface area contributed by atoms with Gasteiger partial charge >= 0.3 is 12.1 Å². The first-order valence-electron chi connectivity index (χ1n) is 12.6. The summed E-state index contributed by atoms with van der Waals surface area (Å²) >= 11 is 0. The number of aliphatic carboxylic acids is 1. The Kier molecular flexibility index (Phi) is 8.06. The largest absolute Gasteiger partial charge is 0.481 e. The van der Waals surface area contributed by atoms with Crippen molar-refractivity contribution in [2.24, 2.45) is 5.92 Å². The van der Waals surface area contributed by atoms with Crippen molar-refractivity contribution in [1.29, 1.82) is 0 Å². The third kappa shape index (κ3) is 5.84. The number of benzene rings is 2. The summed E-state index contributed by atoms with van der Waals surface area (Å²) in [5, 5.41) is 11.9. The molecule has 7 heteroatoms. The Morgan fingerprint density at radius 2 is 1.71 bits per heavy atom. The zero-order valence-electron chi connectivity index (χ0n) is 20.2. The molecule has 0 spiro atoms. The summed E-state index contributed by atoms with van der Waals surface area (Å²) in [6.07, 6.45) is 3.43. The molecule has 1 aliphatic carbocycles. The van der Waals surface area contributed by atoms with Crippen molar-refractivity contribution in [2.75, 3.05) is 19.7 Å². The Morgan fingerprint density at radius 3 is 2.37 bits per heavy atom. The van der Waals surface area contributed by atoms with Gasteiger partial charge in [-0.1, -0.05) is 55.5 Å². The van der Waals surface area contributed by atoms with Crippen molar-refractivity contribution in [1.82, 2.24) is 10.2 Å². The van der Waals surface area contributed by atoms with Crippen LogP contribution in [0.5, 0.6) is 0 Å². The summed E-state index contributed by atoms with van der Waals surface area (Å²) in [6.45, 7) is 3.20. The van der Waals surface area contributed by atoms with Crippen molar-refractivity contribution >= 4 is 18.0 Å². The summed E-state index contributed by atoms with van der Waals surface area (Å²) < 4.78 is 5.56. The van der Waals surface area contributed by atoms with E-state index in [-0.39, 0.29) is 36.8 Å². The predicted molar refractivity (Wildman–Crippen MR) is 133 cm³/mol. The van der Waals surface area contributed by atoms with Crippen LogP contribution in [-0.4, -0.2) is 53.7 Å². The van der Waals surface area contributed by atoms with Crippen LogP contribution in [0.2, 0.25) is 0 Å². The molecule has 0 saturated carbocycles. The van der Waals surface area contributed by atoms with Crippen LogP contribution in [0, 0.1) is 5.92 Å². The molecule has 35 heavy (non-hydrogen) atoms. The second-order valence-corrected chi connectivity index (χ2v) is 9.57. The number of ether oxygens (including phenoxy) is 1. The predicted octanol–water partition coefficient (Wildman–Crippen LogP) is 4.80. The van der Waals surface area contributed by atoms with E-state index in [1.54, 1.807) is 4.90 Å². The minimum Gasteiger partial charge on any atom is -0.481 e. The molecule has 0 bridgehead atoms. The number of rotatable bonds is 9. The maximum atomic E-state index is 12.9. The molecule has 2 atom stereocenters. The van der Waals surface area contributed by atoms with Gasteiger partial charge in [0.1, 0.15) is 6.61 Å². The van der Waals surface area contributed by atoms with Gasteiger partial charge in [-0.25, -0.2) is 4.79 Å². The number of carbonyl (C=O) groups excluding carboxylic acids is 2. The number of fused-ring (bicyclic) bond motifs is 3. The van der Waals surface area contributed by atoms with E-state index >= 15 is 0 Å². The molecule has 2 aromatic carbocycles. The molecule has 0 radical (unpaired) electrons. The molecule has 2 N–H and O–H groups in total. The van der Waals surface area contributed by atoms with Crippen molar-refractivity contribution in [3.8, 4) is 11.1 Å². The van der Waals surface area contributed by atoms with Crippen LogP contribution in [0.15, 0.2) is 48.5 Å². The second kappa shape index (κ2) is 11.4. The summed E-state index contributed by atoms with van der Waals surface area (Å²) in [6, 6.07) is 16.2. The third-order valence-corrected chi connectivity index (χ3v) is 7.17. The van der Waals surface area contributed by atoms with Crippen LogP contribution in [-0.2, 0) is 14.3 Å². The number of nitrogens with zero attached hydrogens (tertiary/aromatic N) is 1. The zero-order chi connectivity index (χ0) is 24.8. The number of hydrogen-bond acceptors (Lipinski definition) is 4. The van der Waals surface area contributed by atoms with Crippen LogP contribution in [0.4, 0.5) is 4.79 Å². The number of nitrogens with one attached hydrogen (secondary N) is 1. The highest BCUT2D eigenvalue weighted by atomic mass is 16.5. The fourth-order valence-corrected chi connectivity index (χ4v) is 5.36. The maximum absolute atomic E-state index is 12.9. The van der Waals surface area contributed by atoms with Crippen LogP contribution >= 0.6 is 0 Å². The van der Waals surface area contributed by atoms with Gasteiger partial charge in [0.15, 0.2) is 0 Å². The summed E-state index contributed by atoms with van der Waals surface area (Å²) in [5.41, 5.74) is 4.73. The van der Waals surface area contributed by atoms with E-state index in [0.29, 0.717) is 25.9 Å². The molecule has 1 saturated heterocycles. The lowest BCUT2D eigenvalue weighted by Gasteiger charge is -2.36. The number of alkyl carbamates (subject to hydrolysis) is 1. The first kappa shape index (κ1) is 24.8. The quantitative estimate of drug-likeness (QED) is 0.505. The van der Waals surface area contributed by atoms with E-state index in [9.17, 15) is 14.4 Å². The van der Waals surface area contributed by atoms with Gasteiger partial charge in [-0.15, -0.1) is 0 Å². The van der Waals surface area contributed by atoms with Gasteiger partial charge in [0.2, 0.25) is 5.91 Å². The van der Waals surface area contributed by atoms with Gasteiger partial charge in [-0.05, 0) is 54.4 Å². The molecule has 7 nitrogen and oxygen atoms in total. The molecule has 2 aromatic rings. The standard InChI is InChI=1S/C28H34N2O5/c1-19(27(33)30-16-7-6-10-20(30)17-26(31)32)9-8-15-29-28(34)35-18-25-23-13-4-2-11-21(23)22-12-3-5-14-24(22)25/h2-5,11-14,19-20,25H,6-10,15-18H2,1H3,(H,29,34)(H,31,32)/t19?,20-/m0/s1. The fraction of sp³-hybridized carbons (Fsp3) is 0.464. The molecule has 1 unspecified atom stereocenters. The lowest BCUT2D eigenvalue weighted by Crippen LogP contribution is -2.47. The zero-order valence-corrected chi connectivity index (χ0v) is 20.2. The molecule has 4 rings (SSSR count). The first-order chi connectivity index (χ1) is 17.0. The van der Waals surface area contributed by atoms with E-state index in [2.05, 4.69) is 29.6 Å². The number of likely N-dealkylation sites (tertiary alicyclic amines) is 1. The Morgan fingerprint density at radius 1 is 1.06 bits per heavy atom. The Balaban J connectivity index is 1.21. The summed E-state index contributed by atoms with van der Waals surface area (Å²) in [4.78, 5) is 38.1. The highest BCUT2D eigenvalue weighted by molar-refractivity contribution is 5.80. The van der Waals surface area contributed by atoms with E-state index in [1.165, 1.54) is 22.3 Å². The van der Waals surface area contributed by atoms with Crippen molar-refractivity contribution < 1.29 is 24.2 Å². The molecule has 1 aliphatic heterocycles. The van der Waals surface area contributed by atoms with E-state index < -0.39 is 12.1 Å². The van der Waals surface area contributed by atoms with Crippen molar-refractivity contribution in [3.05, 3.63) is 59.7 Å². The Labute approximate surface area is 206 Å². The number of carboxylic acids is 1. The maximum Gasteiger partial charge on any atom is 0.407 e. The SMILES string of the molecule is CC(CCCNC(=O)OCC1c2ccccc2-c2ccccc21)C(=O)N1CCCC[C@H]1CC(=O)O. The number of piperidine rings is 1. The summed E-state index contributed by atoms with van der Waals surface area (Å²) in [5.74, 6) is -1.05. The third-order valence-electron chi connectivity index (χ3n) is 7.17. The topological polar surface area (TPSA) is 95.9 Å². The molecule has 1 fully saturated rings. The minimum absolute atomic E-state index is 0.00179. The van der Waals surface area contributed by atoms with E-state index in [4.69, 9.17) is 9.84 Å². The highest BCUT2D eigenvalue weighted by Crippen LogP contribution is 2.44. The Bertz CT molecular complexity index is 1020. The Hall–Kier alpha value is -3.35. The molecular weight excluding hydrogens is 444 g/mol. The van der Waals surface area contributed by atoms with Gasteiger partial charge in [-0.3, -0.25) is 9.59 Å². The van der Waals surface area contributed by atoms with Crippen LogP contribution in [0.3, 0.4) is 0 Å². The van der Waals surface area contributed by atoms with Gasteiger partial charge in [0.25, 0.3) is 0 Å². The van der Waals surface area contributed by atoms with E-state index in [1.807, 2.05) is 31.2 Å². The number of carbonyl (C=O) groups is 3. The van der Waals surface area contributed by atoms with Gasteiger partial charge < -0.3 is 20.1 Å². The van der Waals surface area contributed by atoms with Crippen molar-refractivity contribution in [3.63, 3.8) is 0 Å². The van der Waals surface area contributed by atoms with Gasteiger partial charge in [0, 0.05) is 31.0 Å². The number of hydrogen-bond donors (Lipinski definition) is 2. The molecule has 186 valence electrons. The highest BCUT2D eigenvalue weighted by Gasteiger charge is 2.31. The molecule has 1 heterocycles. The fourth-order valence-electron chi connectivity index (χ4n) is 5.36. The minimum atomic E-state index is -0.866. The van der Waals surface area contributed by atoms with Gasteiger partial charge in [0.05, 0.1) is 6.42 Å². The van der Waals surface area contributed by atoms with Crippen LogP contribution in [0.1, 0.15) is 62.5 Å². The van der Waals surface area contributed by atoms with E-state index in [0.717, 1.165) is 19.3 Å². The normalized spacial score (nSPS) is 17.9. The average molecular weight is 479 g/mol. The van der Waals surface area contributed by atoms with Crippen LogP contribution < -0.4 is 5.32 Å². The lowest BCUT2D eigenvalue weighted by atomic mass is 9.95. The van der Waals surface area contributed by atoms with Crippen molar-refractivity contribution in [2.45, 2.75) is 57.4 Å².